The first-order chi connectivity index (χ1) is 9.63. The van der Waals surface area contributed by atoms with Crippen LogP contribution in [0.15, 0.2) is 32.8 Å². The van der Waals surface area contributed by atoms with Gasteiger partial charge in [0.15, 0.2) is 11.0 Å². The van der Waals surface area contributed by atoms with Crippen molar-refractivity contribution in [1.82, 2.24) is 14.7 Å². The van der Waals surface area contributed by atoms with Gasteiger partial charge in [-0.2, -0.15) is 0 Å². The first-order valence-corrected chi connectivity index (χ1v) is 7.05. The van der Waals surface area contributed by atoms with Gasteiger partial charge in [0, 0.05) is 30.5 Å². The van der Waals surface area contributed by atoms with Crippen LogP contribution in [-0.2, 0) is 4.79 Å². The van der Waals surface area contributed by atoms with E-state index < -0.39 is 0 Å². The molecule has 0 fully saturated rings. The minimum Gasteiger partial charge on any atom is -0.360 e. The second-order valence-corrected chi connectivity index (χ2v) is 5.46. The van der Waals surface area contributed by atoms with Gasteiger partial charge in [-0.25, -0.2) is 4.98 Å². The molecule has 3 heterocycles. The van der Waals surface area contributed by atoms with E-state index in [1.807, 2.05) is 0 Å². The molecule has 3 rings (SSSR count). The number of amides is 1. The Bertz CT molecular complexity index is 709. The van der Waals surface area contributed by atoms with Crippen molar-refractivity contribution in [2.45, 2.75) is 24.5 Å². The zero-order valence-corrected chi connectivity index (χ0v) is 11.5. The van der Waals surface area contributed by atoms with Crippen LogP contribution in [0, 0.1) is 6.92 Å². The average molecular weight is 292 g/mol. The maximum atomic E-state index is 12.0. The molecular weight excluding hydrogens is 280 g/mol. The number of anilines is 1. The van der Waals surface area contributed by atoms with Crippen molar-refractivity contribution in [2.75, 3.05) is 11.1 Å². The first-order valence-electron chi connectivity index (χ1n) is 6.07. The van der Waals surface area contributed by atoms with Gasteiger partial charge in [0.1, 0.15) is 5.76 Å². The molecule has 1 N–H and O–H groups in total. The average Bonchev–Trinajstić information content (AvgIpc) is 2.97. The molecule has 0 aromatic carbocycles. The molecule has 1 amide bonds. The van der Waals surface area contributed by atoms with Crippen molar-refractivity contribution < 1.29 is 9.32 Å². The smallest absolute Gasteiger partial charge is 0.254 e. The van der Waals surface area contributed by atoms with Crippen LogP contribution >= 0.6 is 11.8 Å². The molecule has 2 aromatic heterocycles. The molecule has 0 saturated carbocycles. The standard InChI is InChI=1S/C12H12N4O3S/c1-7-4-9(15-19-7)14-10(17)5-8-6-20-12-13-3-2-11(18)16(8)12/h2-4,8H,5-6H2,1H3,(H,14,15,17)/t8-/m1/s1. The van der Waals surface area contributed by atoms with Crippen molar-refractivity contribution in [3.63, 3.8) is 0 Å². The highest BCUT2D eigenvalue weighted by molar-refractivity contribution is 7.99. The van der Waals surface area contributed by atoms with Gasteiger partial charge in [0.2, 0.25) is 5.91 Å². The van der Waals surface area contributed by atoms with E-state index in [0.717, 1.165) is 0 Å². The summed E-state index contributed by atoms with van der Waals surface area (Å²) in [5.41, 5.74) is -0.130. The molecule has 20 heavy (non-hydrogen) atoms. The maximum absolute atomic E-state index is 12.0. The van der Waals surface area contributed by atoms with Crippen LogP contribution in [0.4, 0.5) is 5.82 Å². The van der Waals surface area contributed by atoms with E-state index in [1.165, 1.54) is 24.0 Å². The van der Waals surface area contributed by atoms with Crippen LogP contribution in [0.25, 0.3) is 0 Å². The second kappa shape index (κ2) is 5.12. The Morgan fingerprint density at radius 3 is 3.25 bits per heavy atom. The number of carbonyl (C=O) groups excluding carboxylic acids is 1. The summed E-state index contributed by atoms with van der Waals surface area (Å²) in [6.07, 6.45) is 1.69. The maximum Gasteiger partial charge on any atom is 0.254 e. The Balaban J connectivity index is 1.71. The molecule has 1 aliphatic heterocycles. The van der Waals surface area contributed by atoms with Gasteiger partial charge in [0.05, 0.1) is 6.04 Å². The van der Waals surface area contributed by atoms with Crippen LogP contribution in [0.5, 0.6) is 0 Å². The second-order valence-electron chi connectivity index (χ2n) is 4.48. The predicted octanol–water partition coefficient (Wildman–Crippen LogP) is 1.22. The summed E-state index contributed by atoms with van der Waals surface area (Å²) in [5, 5.41) is 7.01. The summed E-state index contributed by atoms with van der Waals surface area (Å²) < 4.78 is 6.44. The third-order valence-corrected chi connectivity index (χ3v) is 4.04. The van der Waals surface area contributed by atoms with Crippen LogP contribution in [0.3, 0.4) is 0 Å². The van der Waals surface area contributed by atoms with Crippen LogP contribution in [-0.4, -0.2) is 26.4 Å². The molecule has 7 nitrogen and oxygen atoms in total. The third-order valence-electron chi connectivity index (χ3n) is 2.93. The summed E-state index contributed by atoms with van der Waals surface area (Å²) >= 11 is 1.48. The Morgan fingerprint density at radius 1 is 1.65 bits per heavy atom. The lowest BCUT2D eigenvalue weighted by molar-refractivity contribution is -0.116. The monoisotopic (exact) mass is 292 g/mol. The van der Waals surface area contributed by atoms with Crippen molar-refractivity contribution in [3.8, 4) is 0 Å². The number of hydrogen-bond donors (Lipinski definition) is 1. The lowest BCUT2D eigenvalue weighted by Gasteiger charge is -2.11. The number of nitrogens with zero attached hydrogens (tertiary/aromatic N) is 3. The fraction of sp³-hybridized carbons (Fsp3) is 0.333. The van der Waals surface area contributed by atoms with E-state index in [-0.39, 0.29) is 23.9 Å². The molecule has 1 atom stereocenters. The topological polar surface area (TPSA) is 90.0 Å². The minimum absolute atomic E-state index is 0.130. The van der Waals surface area contributed by atoms with Gasteiger partial charge in [-0.15, -0.1) is 0 Å². The molecule has 104 valence electrons. The zero-order chi connectivity index (χ0) is 14.1. The number of thioether (sulfide) groups is 1. The molecule has 0 aliphatic carbocycles. The van der Waals surface area contributed by atoms with Gasteiger partial charge < -0.3 is 9.84 Å². The predicted molar refractivity (Wildman–Crippen MR) is 72.7 cm³/mol. The first kappa shape index (κ1) is 12.9. The Kier molecular flexibility index (Phi) is 3.31. The Morgan fingerprint density at radius 2 is 2.50 bits per heavy atom. The minimum atomic E-state index is -0.201. The molecule has 0 spiro atoms. The number of carbonyl (C=O) groups is 1. The van der Waals surface area contributed by atoms with Crippen molar-refractivity contribution in [1.29, 1.82) is 0 Å². The van der Waals surface area contributed by atoms with E-state index in [4.69, 9.17) is 4.52 Å². The highest BCUT2D eigenvalue weighted by Crippen LogP contribution is 2.31. The van der Waals surface area contributed by atoms with E-state index in [0.29, 0.717) is 22.5 Å². The zero-order valence-electron chi connectivity index (χ0n) is 10.7. The molecule has 0 unspecified atom stereocenters. The van der Waals surface area contributed by atoms with Crippen molar-refractivity contribution in [3.05, 3.63) is 34.4 Å². The number of rotatable bonds is 3. The van der Waals surface area contributed by atoms with Crippen molar-refractivity contribution >= 4 is 23.5 Å². The number of nitrogens with one attached hydrogen (secondary N) is 1. The number of fused-ring (bicyclic) bond motifs is 1. The SMILES string of the molecule is Cc1cc(NC(=O)C[C@@H]2CSc3nccc(=O)n32)no1. The largest absolute Gasteiger partial charge is 0.360 e. The Labute approximate surface area is 118 Å². The number of aromatic nitrogens is 3. The molecular formula is C12H12N4O3S. The fourth-order valence-corrected chi connectivity index (χ4v) is 3.20. The third kappa shape index (κ3) is 2.46. The summed E-state index contributed by atoms with van der Waals surface area (Å²) in [4.78, 5) is 27.9. The summed E-state index contributed by atoms with van der Waals surface area (Å²) in [6, 6.07) is 2.87. The lowest BCUT2D eigenvalue weighted by Crippen LogP contribution is -2.26. The van der Waals surface area contributed by atoms with Crippen LogP contribution in [0.2, 0.25) is 0 Å². The quantitative estimate of drug-likeness (QED) is 0.855. The molecule has 2 aromatic rings. The summed E-state index contributed by atoms with van der Waals surface area (Å²) in [6.45, 7) is 1.75. The van der Waals surface area contributed by atoms with E-state index >= 15 is 0 Å². The van der Waals surface area contributed by atoms with Crippen LogP contribution < -0.4 is 10.9 Å². The lowest BCUT2D eigenvalue weighted by atomic mass is 10.2. The van der Waals surface area contributed by atoms with Crippen molar-refractivity contribution in [2.24, 2.45) is 0 Å². The summed E-state index contributed by atoms with van der Waals surface area (Å²) in [7, 11) is 0. The molecule has 0 radical (unpaired) electrons. The van der Waals surface area contributed by atoms with Gasteiger partial charge in [0.25, 0.3) is 5.56 Å². The van der Waals surface area contributed by atoms with Gasteiger partial charge in [-0.1, -0.05) is 16.9 Å². The summed E-state index contributed by atoms with van der Waals surface area (Å²) in [5.74, 6) is 1.48. The van der Waals surface area contributed by atoms with Gasteiger partial charge in [-0.05, 0) is 6.92 Å². The van der Waals surface area contributed by atoms with Gasteiger partial charge in [-0.3, -0.25) is 14.2 Å². The van der Waals surface area contributed by atoms with E-state index in [2.05, 4.69) is 15.5 Å². The van der Waals surface area contributed by atoms with E-state index in [1.54, 1.807) is 17.6 Å². The normalized spacial score (nSPS) is 16.9. The number of hydrogen-bond acceptors (Lipinski definition) is 6. The molecule has 0 bridgehead atoms. The molecule has 8 heteroatoms. The number of aryl methyl sites for hydroxylation is 1. The molecule has 0 saturated heterocycles. The van der Waals surface area contributed by atoms with Crippen LogP contribution in [0.1, 0.15) is 18.2 Å². The Hall–Kier alpha value is -2.09. The van der Waals surface area contributed by atoms with Gasteiger partial charge >= 0.3 is 0 Å². The molecule has 1 aliphatic rings. The fourth-order valence-electron chi connectivity index (χ4n) is 2.07. The van der Waals surface area contributed by atoms with E-state index in [9.17, 15) is 9.59 Å². The highest BCUT2D eigenvalue weighted by Gasteiger charge is 2.26. The highest BCUT2D eigenvalue weighted by atomic mass is 32.2.